The van der Waals surface area contributed by atoms with Crippen LogP contribution < -0.4 is 10.6 Å². The van der Waals surface area contributed by atoms with E-state index in [4.69, 9.17) is 0 Å². The highest BCUT2D eigenvalue weighted by molar-refractivity contribution is 9.10. The minimum Gasteiger partial charge on any atom is -0.326 e. The van der Waals surface area contributed by atoms with E-state index in [1.54, 1.807) is 47.6 Å². The fourth-order valence-electron chi connectivity index (χ4n) is 3.01. The van der Waals surface area contributed by atoms with Crippen LogP contribution in [0.5, 0.6) is 0 Å². The molecule has 0 saturated heterocycles. The molecule has 4 rings (SSSR count). The molecule has 0 atom stereocenters. The molecule has 0 saturated carbocycles. The average Bonchev–Trinajstić information content (AvgIpc) is 3.31. The van der Waals surface area contributed by atoms with E-state index in [-0.39, 0.29) is 18.2 Å². The molecule has 0 aliphatic heterocycles. The molecule has 0 bridgehead atoms. The van der Waals surface area contributed by atoms with Crippen molar-refractivity contribution in [1.29, 1.82) is 0 Å². The van der Waals surface area contributed by atoms with Gasteiger partial charge in [-0.05, 0) is 54.1 Å². The standard InChI is InChI=1S/C23H18BrN5O2/c24-18-9-7-16(8-10-18)11-22(30)27-19-4-1-3-17(12-19)23(31)28-20-5-2-6-21(13-20)29-14-25-26-15-29/h1-10,12-15H,11H2,(H,27,30)(H,28,31). The maximum Gasteiger partial charge on any atom is 0.255 e. The molecule has 2 N–H and O–H groups in total. The minimum absolute atomic E-state index is 0.151. The number of nitrogens with one attached hydrogen (secondary N) is 2. The molecule has 0 spiro atoms. The summed E-state index contributed by atoms with van der Waals surface area (Å²) in [6.45, 7) is 0. The van der Waals surface area contributed by atoms with Crippen LogP contribution in [0.3, 0.4) is 0 Å². The molecule has 154 valence electrons. The summed E-state index contributed by atoms with van der Waals surface area (Å²) in [5.74, 6) is -0.425. The normalized spacial score (nSPS) is 10.5. The number of rotatable bonds is 6. The van der Waals surface area contributed by atoms with Gasteiger partial charge in [-0.1, -0.05) is 40.2 Å². The maximum atomic E-state index is 12.7. The molecule has 0 aliphatic carbocycles. The highest BCUT2D eigenvalue weighted by Crippen LogP contribution is 2.17. The molecule has 1 heterocycles. The predicted molar refractivity (Wildman–Crippen MR) is 122 cm³/mol. The van der Waals surface area contributed by atoms with Gasteiger partial charge in [-0.25, -0.2) is 0 Å². The van der Waals surface area contributed by atoms with Crippen LogP contribution in [0.4, 0.5) is 11.4 Å². The van der Waals surface area contributed by atoms with Gasteiger partial charge in [0.05, 0.1) is 12.1 Å². The van der Waals surface area contributed by atoms with Gasteiger partial charge in [-0.3, -0.25) is 14.2 Å². The number of hydrogen-bond donors (Lipinski definition) is 2. The second-order valence-electron chi connectivity index (χ2n) is 6.81. The van der Waals surface area contributed by atoms with Crippen molar-refractivity contribution in [3.8, 4) is 5.69 Å². The van der Waals surface area contributed by atoms with Crippen molar-refractivity contribution in [2.45, 2.75) is 6.42 Å². The first-order chi connectivity index (χ1) is 15.1. The van der Waals surface area contributed by atoms with E-state index in [1.807, 2.05) is 42.5 Å². The Labute approximate surface area is 187 Å². The predicted octanol–water partition coefficient (Wildman–Crippen LogP) is 4.46. The molecule has 0 radical (unpaired) electrons. The number of amides is 2. The Balaban J connectivity index is 1.42. The second-order valence-corrected chi connectivity index (χ2v) is 7.72. The smallest absolute Gasteiger partial charge is 0.255 e. The van der Waals surface area contributed by atoms with Gasteiger partial charge in [0.1, 0.15) is 12.7 Å². The molecule has 31 heavy (non-hydrogen) atoms. The maximum absolute atomic E-state index is 12.7. The molecular weight excluding hydrogens is 458 g/mol. The fourth-order valence-corrected chi connectivity index (χ4v) is 3.28. The van der Waals surface area contributed by atoms with Gasteiger partial charge in [-0.2, -0.15) is 0 Å². The number of anilines is 2. The van der Waals surface area contributed by atoms with Crippen LogP contribution in [0.15, 0.2) is 89.9 Å². The van der Waals surface area contributed by atoms with Crippen LogP contribution in [0.2, 0.25) is 0 Å². The van der Waals surface area contributed by atoms with E-state index < -0.39 is 0 Å². The third-order valence-corrected chi connectivity index (χ3v) is 5.04. The summed E-state index contributed by atoms with van der Waals surface area (Å²) in [5, 5.41) is 13.3. The van der Waals surface area contributed by atoms with Crippen LogP contribution in [-0.4, -0.2) is 26.6 Å². The Kier molecular flexibility index (Phi) is 6.18. The summed E-state index contributed by atoms with van der Waals surface area (Å²) in [4.78, 5) is 25.1. The van der Waals surface area contributed by atoms with Crippen LogP contribution in [0, 0.1) is 0 Å². The monoisotopic (exact) mass is 475 g/mol. The van der Waals surface area contributed by atoms with Gasteiger partial charge in [0, 0.05) is 21.4 Å². The number of halogens is 1. The van der Waals surface area contributed by atoms with Crippen LogP contribution in [0.1, 0.15) is 15.9 Å². The molecule has 0 unspecified atom stereocenters. The number of nitrogens with zero attached hydrogens (tertiary/aromatic N) is 3. The highest BCUT2D eigenvalue weighted by Gasteiger charge is 2.10. The van der Waals surface area contributed by atoms with Crippen molar-refractivity contribution in [2.24, 2.45) is 0 Å². The quantitative estimate of drug-likeness (QED) is 0.430. The largest absolute Gasteiger partial charge is 0.326 e. The van der Waals surface area contributed by atoms with Crippen molar-refractivity contribution in [3.63, 3.8) is 0 Å². The van der Waals surface area contributed by atoms with E-state index >= 15 is 0 Å². The number of carbonyl (C=O) groups is 2. The third-order valence-electron chi connectivity index (χ3n) is 4.51. The van der Waals surface area contributed by atoms with Gasteiger partial charge < -0.3 is 10.6 Å². The summed E-state index contributed by atoms with van der Waals surface area (Å²) >= 11 is 3.38. The number of carbonyl (C=O) groups excluding carboxylic acids is 2. The molecule has 3 aromatic carbocycles. The van der Waals surface area contributed by atoms with Gasteiger partial charge in [-0.15, -0.1) is 10.2 Å². The van der Waals surface area contributed by atoms with E-state index in [0.717, 1.165) is 15.7 Å². The lowest BCUT2D eigenvalue weighted by Gasteiger charge is -2.10. The molecule has 8 heteroatoms. The first-order valence-electron chi connectivity index (χ1n) is 9.47. The van der Waals surface area contributed by atoms with Gasteiger partial charge in [0.2, 0.25) is 5.91 Å². The lowest BCUT2D eigenvalue weighted by atomic mass is 10.1. The van der Waals surface area contributed by atoms with E-state index in [1.165, 1.54) is 0 Å². The molecule has 0 aliphatic rings. The first-order valence-corrected chi connectivity index (χ1v) is 10.3. The van der Waals surface area contributed by atoms with Crippen molar-refractivity contribution in [3.05, 3.63) is 101 Å². The lowest BCUT2D eigenvalue weighted by molar-refractivity contribution is -0.115. The van der Waals surface area contributed by atoms with Crippen LogP contribution >= 0.6 is 15.9 Å². The summed E-state index contributed by atoms with van der Waals surface area (Å²) in [6.07, 6.45) is 3.42. The summed E-state index contributed by atoms with van der Waals surface area (Å²) in [7, 11) is 0. The highest BCUT2D eigenvalue weighted by atomic mass is 79.9. The molecular formula is C23H18BrN5O2. The van der Waals surface area contributed by atoms with Crippen molar-refractivity contribution in [2.75, 3.05) is 10.6 Å². The fraction of sp³-hybridized carbons (Fsp3) is 0.0435. The lowest BCUT2D eigenvalue weighted by Crippen LogP contribution is -2.16. The molecule has 0 fully saturated rings. The SMILES string of the molecule is O=C(Cc1ccc(Br)cc1)Nc1cccc(C(=O)Nc2cccc(-n3cnnc3)c2)c1. The Hall–Kier alpha value is -3.78. The van der Waals surface area contributed by atoms with E-state index in [2.05, 4.69) is 36.8 Å². The Morgan fingerprint density at radius 2 is 1.52 bits per heavy atom. The number of aromatic nitrogens is 3. The number of benzene rings is 3. The zero-order valence-corrected chi connectivity index (χ0v) is 17.9. The average molecular weight is 476 g/mol. The van der Waals surface area contributed by atoms with E-state index in [0.29, 0.717) is 16.9 Å². The molecule has 7 nitrogen and oxygen atoms in total. The van der Waals surface area contributed by atoms with Crippen LogP contribution in [0.25, 0.3) is 5.69 Å². The van der Waals surface area contributed by atoms with E-state index in [9.17, 15) is 9.59 Å². The Bertz CT molecular complexity index is 1210. The van der Waals surface area contributed by atoms with Gasteiger partial charge in [0.25, 0.3) is 5.91 Å². The topological polar surface area (TPSA) is 88.9 Å². The molecule has 2 amide bonds. The summed E-state index contributed by atoms with van der Waals surface area (Å²) < 4.78 is 2.71. The van der Waals surface area contributed by atoms with Crippen LogP contribution in [-0.2, 0) is 11.2 Å². The second kappa shape index (κ2) is 9.36. The van der Waals surface area contributed by atoms with Crippen molar-refractivity contribution < 1.29 is 9.59 Å². The Morgan fingerprint density at radius 1 is 0.839 bits per heavy atom. The minimum atomic E-state index is -0.273. The first kappa shape index (κ1) is 20.5. The third kappa shape index (κ3) is 5.43. The zero-order chi connectivity index (χ0) is 21.6. The Morgan fingerprint density at radius 3 is 2.26 bits per heavy atom. The summed E-state index contributed by atoms with van der Waals surface area (Å²) in [5.41, 5.74) is 3.38. The van der Waals surface area contributed by atoms with Gasteiger partial charge >= 0.3 is 0 Å². The van der Waals surface area contributed by atoms with Crippen molar-refractivity contribution in [1.82, 2.24) is 14.8 Å². The molecule has 1 aromatic heterocycles. The van der Waals surface area contributed by atoms with Gasteiger partial charge in [0.15, 0.2) is 0 Å². The number of hydrogen-bond acceptors (Lipinski definition) is 4. The summed E-state index contributed by atoms with van der Waals surface area (Å²) in [6, 6.07) is 21.8. The zero-order valence-electron chi connectivity index (χ0n) is 16.3. The van der Waals surface area contributed by atoms with Crippen molar-refractivity contribution >= 4 is 39.1 Å². The molecule has 4 aromatic rings.